The largest absolute Gasteiger partial charge is 0.242 e. The molecule has 3 unspecified atom stereocenters. The van der Waals surface area contributed by atoms with E-state index in [4.69, 9.17) is 16.9 Å². The molecule has 0 radical (unpaired) electrons. The first-order valence-corrected chi connectivity index (χ1v) is 8.57. The molecule has 2 saturated carbocycles. The summed E-state index contributed by atoms with van der Waals surface area (Å²) in [5.74, 6) is 1.14. The van der Waals surface area contributed by atoms with Crippen LogP contribution in [0, 0.1) is 23.2 Å². The molecular weight excluding hydrogens is 296 g/mol. The summed E-state index contributed by atoms with van der Waals surface area (Å²) in [4.78, 5) is 0.0564. The average Bonchev–Trinajstić information content (AvgIpc) is 2.99. The van der Waals surface area contributed by atoms with E-state index in [9.17, 15) is 8.42 Å². The lowest BCUT2D eigenvalue weighted by atomic mass is 9.96. The summed E-state index contributed by atoms with van der Waals surface area (Å²) in [7, 11) is -3.61. The molecule has 2 aliphatic carbocycles. The Bertz CT molecular complexity index is 681. The highest BCUT2D eigenvalue weighted by Gasteiger charge is 2.41. The van der Waals surface area contributed by atoms with Crippen molar-refractivity contribution in [1.29, 1.82) is 5.26 Å². The number of hydrogen-bond donors (Lipinski definition) is 1. The van der Waals surface area contributed by atoms with Gasteiger partial charge in [-0.25, -0.2) is 13.1 Å². The minimum Gasteiger partial charge on any atom is -0.208 e. The highest BCUT2D eigenvalue weighted by molar-refractivity contribution is 7.89. The van der Waals surface area contributed by atoms with Crippen LogP contribution in [0.4, 0.5) is 0 Å². The van der Waals surface area contributed by atoms with Gasteiger partial charge in [0, 0.05) is 6.04 Å². The molecule has 3 rings (SSSR count). The minimum absolute atomic E-state index is 0.0328. The van der Waals surface area contributed by atoms with Gasteiger partial charge in [0.25, 0.3) is 0 Å². The third-order valence-corrected chi connectivity index (χ3v) is 6.37. The van der Waals surface area contributed by atoms with E-state index in [0.29, 0.717) is 17.4 Å². The van der Waals surface area contributed by atoms with Crippen molar-refractivity contribution in [2.75, 3.05) is 0 Å². The fraction of sp³-hybridized carbons (Fsp3) is 0.500. The van der Waals surface area contributed by atoms with Gasteiger partial charge in [-0.3, -0.25) is 0 Å². The predicted octanol–water partition coefficient (Wildman–Crippen LogP) is 2.68. The number of fused-ring (bicyclic) bond motifs is 2. The Morgan fingerprint density at radius 2 is 2.10 bits per heavy atom. The molecule has 1 aromatic rings. The number of nitrogens with zero attached hydrogens (tertiary/aromatic N) is 1. The van der Waals surface area contributed by atoms with Gasteiger partial charge in [-0.05, 0) is 49.3 Å². The van der Waals surface area contributed by atoms with Crippen LogP contribution in [0.15, 0.2) is 23.1 Å². The molecule has 0 saturated heterocycles. The van der Waals surface area contributed by atoms with Crippen LogP contribution >= 0.6 is 11.6 Å². The Morgan fingerprint density at radius 1 is 1.30 bits per heavy atom. The van der Waals surface area contributed by atoms with Crippen LogP contribution in [0.25, 0.3) is 0 Å². The Morgan fingerprint density at radius 3 is 2.65 bits per heavy atom. The molecule has 2 bridgehead atoms. The summed E-state index contributed by atoms with van der Waals surface area (Å²) in [6.07, 6.45) is 4.39. The number of nitriles is 1. The van der Waals surface area contributed by atoms with Crippen molar-refractivity contribution in [3.8, 4) is 6.07 Å². The summed E-state index contributed by atoms with van der Waals surface area (Å²) < 4.78 is 27.6. The summed E-state index contributed by atoms with van der Waals surface area (Å²) in [5.41, 5.74) is 0.355. The number of sulfonamides is 1. The van der Waals surface area contributed by atoms with Gasteiger partial charge in [0.2, 0.25) is 10.0 Å². The molecule has 4 nitrogen and oxygen atoms in total. The molecular formula is C14H15ClN2O2S. The van der Waals surface area contributed by atoms with Crippen LogP contribution in [0.3, 0.4) is 0 Å². The molecule has 0 amide bonds. The number of hydrogen-bond acceptors (Lipinski definition) is 3. The lowest BCUT2D eigenvalue weighted by Gasteiger charge is -2.23. The zero-order valence-electron chi connectivity index (χ0n) is 10.8. The van der Waals surface area contributed by atoms with Crippen molar-refractivity contribution in [2.45, 2.75) is 36.6 Å². The maximum Gasteiger partial charge on any atom is 0.242 e. The molecule has 1 aromatic carbocycles. The second-order valence-corrected chi connectivity index (χ2v) is 7.75. The zero-order valence-corrected chi connectivity index (χ0v) is 12.4. The van der Waals surface area contributed by atoms with Crippen LogP contribution in [0.2, 0.25) is 5.02 Å². The second-order valence-electron chi connectivity index (χ2n) is 5.66. The van der Waals surface area contributed by atoms with Crippen molar-refractivity contribution in [3.63, 3.8) is 0 Å². The Hall–Kier alpha value is -1.09. The lowest BCUT2D eigenvalue weighted by molar-refractivity contribution is 0.390. The van der Waals surface area contributed by atoms with Gasteiger partial charge < -0.3 is 0 Å². The molecule has 106 valence electrons. The van der Waals surface area contributed by atoms with E-state index in [1.807, 2.05) is 6.07 Å². The van der Waals surface area contributed by atoms with Crippen LogP contribution < -0.4 is 4.72 Å². The first kappa shape index (κ1) is 13.9. The first-order valence-electron chi connectivity index (χ1n) is 6.71. The first-order chi connectivity index (χ1) is 9.49. The molecule has 3 atom stereocenters. The van der Waals surface area contributed by atoms with E-state index in [0.717, 1.165) is 19.3 Å². The molecule has 0 heterocycles. The quantitative estimate of drug-likeness (QED) is 0.933. The SMILES string of the molecule is N#Cc1ccc(S(=O)(=O)NC2CC3CCC2C3)c(Cl)c1. The maximum absolute atomic E-state index is 12.4. The monoisotopic (exact) mass is 310 g/mol. The van der Waals surface area contributed by atoms with E-state index >= 15 is 0 Å². The van der Waals surface area contributed by atoms with Crippen LogP contribution in [-0.2, 0) is 10.0 Å². The molecule has 2 aliphatic rings. The molecule has 2 fully saturated rings. The highest BCUT2D eigenvalue weighted by Crippen LogP contribution is 2.45. The van der Waals surface area contributed by atoms with E-state index in [2.05, 4.69) is 4.72 Å². The standard InChI is InChI=1S/C14H15ClN2O2S/c15-12-6-10(8-16)2-4-14(12)20(18,19)17-13-7-9-1-3-11(13)5-9/h2,4,6,9,11,13,17H,1,3,5,7H2. The molecule has 0 spiro atoms. The van der Waals surface area contributed by atoms with Crippen LogP contribution in [0.1, 0.15) is 31.2 Å². The minimum atomic E-state index is -3.61. The van der Waals surface area contributed by atoms with Crippen LogP contribution in [-0.4, -0.2) is 14.5 Å². The summed E-state index contributed by atoms with van der Waals surface area (Å²) in [6, 6.07) is 6.23. The lowest BCUT2D eigenvalue weighted by Crippen LogP contribution is -2.38. The summed E-state index contributed by atoms with van der Waals surface area (Å²) in [6.45, 7) is 0. The predicted molar refractivity (Wildman–Crippen MR) is 75.7 cm³/mol. The van der Waals surface area contributed by atoms with Gasteiger partial charge >= 0.3 is 0 Å². The molecule has 20 heavy (non-hydrogen) atoms. The van der Waals surface area contributed by atoms with Crippen molar-refractivity contribution >= 4 is 21.6 Å². The Balaban J connectivity index is 1.83. The van der Waals surface area contributed by atoms with E-state index in [-0.39, 0.29) is 16.0 Å². The van der Waals surface area contributed by atoms with Gasteiger partial charge in [-0.1, -0.05) is 18.0 Å². The third kappa shape index (κ3) is 2.44. The number of rotatable bonds is 3. The van der Waals surface area contributed by atoms with Gasteiger partial charge in [0.05, 0.1) is 16.7 Å². The summed E-state index contributed by atoms with van der Waals surface area (Å²) in [5, 5.41) is 8.88. The van der Waals surface area contributed by atoms with Gasteiger partial charge in [0.15, 0.2) is 0 Å². The van der Waals surface area contributed by atoms with Crippen molar-refractivity contribution in [2.24, 2.45) is 11.8 Å². The Kier molecular flexibility index (Phi) is 3.49. The number of halogens is 1. The number of benzene rings is 1. The molecule has 6 heteroatoms. The smallest absolute Gasteiger partial charge is 0.208 e. The topological polar surface area (TPSA) is 70.0 Å². The fourth-order valence-corrected chi connectivity index (χ4v) is 5.30. The fourth-order valence-electron chi connectivity index (χ4n) is 3.44. The van der Waals surface area contributed by atoms with E-state index in [1.165, 1.54) is 24.6 Å². The van der Waals surface area contributed by atoms with Gasteiger partial charge in [0.1, 0.15) is 4.90 Å². The molecule has 1 N–H and O–H groups in total. The summed E-state index contributed by atoms with van der Waals surface area (Å²) >= 11 is 5.99. The van der Waals surface area contributed by atoms with Crippen LogP contribution in [0.5, 0.6) is 0 Å². The highest BCUT2D eigenvalue weighted by atomic mass is 35.5. The molecule has 0 aromatic heterocycles. The number of nitrogens with one attached hydrogen (secondary N) is 1. The normalized spacial score (nSPS) is 28.5. The Labute approximate surface area is 123 Å². The van der Waals surface area contributed by atoms with E-state index < -0.39 is 10.0 Å². The second kappa shape index (κ2) is 5.03. The van der Waals surface area contributed by atoms with Gasteiger partial charge in [-0.15, -0.1) is 0 Å². The van der Waals surface area contributed by atoms with Crippen molar-refractivity contribution in [1.82, 2.24) is 4.72 Å². The molecule has 0 aliphatic heterocycles. The average molecular weight is 311 g/mol. The zero-order chi connectivity index (χ0) is 14.3. The van der Waals surface area contributed by atoms with Crippen molar-refractivity contribution in [3.05, 3.63) is 28.8 Å². The third-order valence-electron chi connectivity index (χ3n) is 4.40. The van der Waals surface area contributed by atoms with E-state index in [1.54, 1.807) is 0 Å². The van der Waals surface area contributed by atoms with Crippen molar-refractivity contribution < 1.29 is 8.42 Å². The maximum atomic E-state index is 12.4. The van der Waals surface area contributed by atoms with Gasteiger partial charge in [-0.2, -0.15) is 5.26 Å².